The van der Waals surface area contributed by atoms with E-state index in [1.54, 1.807) is 39.0 Å². The van der Waals surface area contributed by atoms with Gasteiger partial charge in [-0.3, -0.25) is 4.79 Å². The summed E-state index contributed by atoms with van der Waals surface area (Å²) < 4.78 is 50.0. The van der Waals surface area contributed by atoms with Crippen LogP contribution in [-0.4, -0.2) is 55.1 Å². The number of nitrogens with zero attached hydrogens (tertiary/aromatic N) is 2. The Balaban J connectivity index is 1.74. The monoisotopic (exact) mass is 563 g/mol. The number of rotatable bonds is 11. The molecular weight excluding hydrogens is 531 g/mol. The summed E-state index contributed by atoms with van der Waals surface area (Å²) >= 11 is 1.52. The molecule has 2 aromatic carbocycles. The van der Waals surface area contributed by atoms with Gasteiger partial charge in [0.15, 0.2) is 11.5 Å². The Kier molecular flexibility index (Phi) is 10.2. The summed E-state index contributed by atoms with van der Waals surface area (Å²) in [5.41, 5.74) is 0.0706. The van der Waals surface area contributed by atoms with Crippen molar-refractivity contribution in [2.24, 2.45) is 0 Å². The molecule has 0 fully saturated rings. The zero-order chi connectivity index (χ0) is 28.6. The van der Waals surface area contributed by atoms with Crippen LogP contribution in [0.25, 0.3) is 0 Å². The summed E-state index contributed by atoms with van der Waals surface area (Å²) in [6, 6.07) is 12.8. The van der Waals surface area contributed by atoms with Crippen LogP contribution in [-0.2, 0) is 23.9 Å². The third kappa shape index (κ3) is 8.38. The van der Waals surface area contributed by atoms with E-state index in [1.165, 1.54) is 28.4 Å². The minimum atomic E-state index is -4.54. The standard InChI is InChI=1S/C28H32F3N3O4S/c1-19(2)34(27(36)32-22-8-5-7-21(16-22)28(29,30)31)18-26(35)33(17-23-9-6-14-39-23)13-12-20-10-11-24(37-3)25(15-20)38-4/h5-11,14-16,19H,12-13,17-18H2,1-4H3,(H,32,36). The average molecular weight is 564 g/mol. The van der Waals surface area contributed by atoms with Gasteiger partial charge >= 0.3 is 12.2 Å². The maximum absolute atomic E-state index is 13.5. The Bertz CT molecular complexity index is 1250. The Morgan fingerprint density at radius 1 is 1.00 bits per heavy atom. The topological polar surface area (TPSA) is 71.1 Å². The van der Waals surface area contributed by atoms with Crippen molar-refractivity contribution < 1.29 is 32.2 Å². The molecule has 0 spiro atoms. The number of amides is 3. The number of carbonyl (C=O) groups excluding carboxylic acids is 2. The zero-order valence-corrected chi connectivity index (χ0v) is 23.1. The molecule has 7 nitrogen and oxygen atoms in total. The van der Waals surface area contributed by atoms with Crippen LogP contribution in [0, 0.1) is 0 Å². The van der Waals surface area contributed by atoms with E-state index in [9.17, 15) is 22.8 Å². The number of benzene rings is 2. The number of methoxy groups -OCH3 is 2. The number of alkyl halides is 3. The number of ether oxygens (including phenoxy) is 2. The fraction of sp³-hybridized carbons (Fsp3) is 0.357. The van der Waals surface area contributed by atoms with Gasteiger partial charge in [0.1, 0.15) is 6.54 Å². The van der Waals surface area contributed by atoms with Gasteiger partial charge in [-0.05, 0) is 67.6 Å². The van der Waals surface area contributed by atoms with E-state index in [1.807, 2.05) is 29.6 Å². The van der Waals surface area contributed by atoms with Crippen molar-refractivity contribution in [3.05, 3.63) is 76.0 Å². The molecule has 1 aromatic heterocycles. The Labute approximate surface area is 230 Å². The second kappa shape index (κ2) is 13.4. The predicted octanol–water partition coefficient (Wildman–Crippen LogP) is 6.30. The molecule has 210 valence electrons. The summed E-state index contributed by atoms with van der Waals surface area (Å²) in [6.07, 6.45) is -4.00. The molecule has 0 saturated carbocycles. The van der Waals surface area contributed by atoms with Gasteiger partial charge in [0.25, 0.3) is 0 Å². The van der Waals surface area contributed by atoms with Crippen molar-refractivity contribution in [2.45, 2.75) is 39.0 Å². The van der Waals surface area contributed by atoms with Crippen LogP contribution in [0.2, 0.25) is 0 Å². The number of hydrogen-bond acceptors (Lipinski definition) is 5. The molecule has 1 N–H and O–H groups in total. The number of urea groups is 1. The molecule has 0 radical (unpaired) electrons. The molecule has 0 unspecified atom stereocenters. The van der Waals surface area contributed by atoms with Crippen LogP contribution < -0.4 is 14.8 Å². The minimum Gasteiger partial charge on any atom is -0.493 e. The zero-order valence-electron chi connectivity index (χ0n) is 22.2. The smallest absolute Gasteiger partial charge is 0.416 e. The predicted molar refractivity (Wildman–Crippen MR) is 145 cm³/mol. The summed E-state index contributed by atoms with van der Waals surface area (Å²) in [5.74, 6) is 0.910. The summed E-state index contributed by atoms with van der Waals surface area (Å²) in [5, 5.41) is 4.43. The van der Waals surface area contributed by atoms with Crippen LogP contribution in [0.15, 0.2) is 60.0 Å². The molecule has 3 aromatic rings. The van der Waals surface area contributed by atoms with Crippen molar-refractivity contribution in [1.29, 1.82) is 0 Å². The lowest BCUT2D eigenvalue weighted by Gasteiger charge is -2.30. The highest BCUT2D eigenvalue weighted by molar-refractivity contribution is 7.09. The van der Waals surface area contributed by atoms with Crippen LogP contribution in [0.5, 0.6) is 11.5 Å². The molecule has 39 heavy (non-hydrogen) atoms. The molecule has 0 bridgehead atoms. The van der Waals surface area contributed by atoms with E-state index in [4.69, 9.17) is 9.47 Å². The first-order valence-corrected chi connectivity index (χ1v) is 13.2. The lowest BCUT2D eigenvalue weighted by Crippen LogP contribution is -2.47. The molecule has 3 amide bonds. The molecule has 0 aliphatic carbocycles. The van der Waals surface area contributed by atoms with Crippen LogP contribution in [0.4, 0.5) is 23.7 Å². The van der Waals surface area contributed by atoms with Gasteiger partial charge < -0.3 is 24.6 Å². The highest BCUT2D eigenvalue weighted by Crippen LogP contribution is 2.31. The average Bonchev–Trinajstić information content (AvgIpc) is 3.42. The number of hydrogen-bond donors (Lipinski definition) is 1. The molecule has 3 rings (SSSR count). The minimum absolute atomic E-state index is 0.00295. The van der Waals surface area contributed by atoms with Gasteiger partial charge in [-0.1, -0.05) is 18.2 Å². The van der Waals surface area contributed by atoms with Gasteiger partial charge in [0, 0.05) is 23.2 Å². The normalized spacial score (nSPS) is 11.3. The van der Waals surface area contributed by atoms with Crippen molar-refractivity contribution >= 4 is 29.0 Å². The third-order valence-corrected chi connectivity index (χ3v) is 6.89. The fourth-order valence-electron chi connectivity index (χ4n) is 3.89. The van der Waals surface area contributed by atoms with Crippen molar-refractivity contribution in [3.8, 4) is 11.5 Å². The van der Waals surface area contributed by atoms with Gasteiger partial charge in [-0.2, -0.15) is 13.2 Å². The van der Waals surface area contributed by atoms with Gasteiger partial charge in [-0.15, -0.1) is 11.3 Å². The Hall–Kier alpha value is -3.73. The first kappa shape index (κ1) is 29.8. The number of halogens is 3. The Morgan fingerprint density at radius 2 is 1.74 bits per heavy atom. The van der Waals surface area contributed by atoms with Gasteiger partial charge in [0.05, 0.1) is 26.3 Å². The SMILES string of the molecule is COc1ccc(CCN(Cc2cccs2)C(=O)CN(C(=O)Nc2cccc(C(F)(F)F)c2)C(C)C)cc1OC. The van der Waals surface area contributed by atoms with Crippen LogP contribution in [0.1, 0.15) is 29.9 Å². The van der Waals surface area contributed by atoms with Gasteiger partial charge in [0.2, 0.25) is 5.91 Å². The number of nitrogens with one attached hydrogen (secondary N) is 1. The van der Waals surface area contributed by atoms with Crippen LogP contribution >= 0.6 is 11.3 Å². The van der Waals surface area contributed by atoms with Crippen molar-refractivity contribution in [1.82, 2.24) is 9.80 Å². The first-order valence-electron chi connectivity index (χ1n) is 12.3. The molecule has 11 heteroatoms. The number of carbonyl (C=O) groups is 2. The molecule has 1 heterocycles. The third-order valence-electron chi connectivity index (χ3n) is 6.03. The number of thiophene rings is 1. The quantitative estimate of drug-likeness (QED) is 0.297. The summed E-state index contributed by atoms with van der Waals surface area (Å²) in [6.45, 7) is 4.00. The largest absolute Gasteiger partial charge is 0.493 e. The van der Waals surface area contributed by atoms with E-state index in [2.05, 4.69) is 5.32 Å². The lowest BCUT2D eigenvalue weighted by molar-refractivity contribution is -0.137. The second-order valence-electron chi connectivity index (χ2n) is 9.06. The van der Waals surface area contributed by atoms with E-state index >= 15 is 0 Å². The second-order valence-corrected chi connectivity index (χ2v) is 10.1. The van der Waals surface area contributed by atoms with E-state index < -0.39 is 17.8 Å². The molecule has 0 atom stereocenters. The molecule has 0 aliphatic heterocycles. The maximum atomic E-state index is 13.5. The maximum Gasteiger partial charge on any atom is 0.416 e. The number of anilines is 1. The Morgan fingerprint density at radius 3 is 2.36 bits per heavy atom. The van der Waals surface area contributed by atoms with Crippen LogP contribution in [0.3, 0.4) is 0 Å². The first-order chi connectivity index (χ1) is 18.5. The summed E-state index contributed by atoms with van der Waals surface area (Å²) in [4.78, 5) is 30.5. The fourth-order valence-corrected chi connectivity index (χ4v) is 4.61. The van der Waals surface area contributed by atoms with Crippen molar-refractivity contribution in [2.75, 3.05) is 32.6 Å². The van der Waals surface area contributed by atoms with E-state index in [0.29, 0.717) is 31.0 Å². The molecule has 0 saturated heterocycles. The van der Waals surface area contributed by atoms with E-state index in [0.717, 1.165) is 22.6 Å². The highest BCUT2D eigenvalue weighted by atomic mass is 32.1. The highest BCUT2D eigenvalue weighted by Gasteiger charge is 2.31. The van der Waals surface area contributed by atoms with Crippen molar-refractivity contribution in [3.63, 3.8) is 0 Å². The van der Waals surface area contributed by atoms with Gasteiger partial charge in [-0.25, -0.2) is 4.79 Å². The van der Waals surface area contributed by atoms with E-state index in [-0.39, 0.29) is 24.2 Å². The summed E-state index contributed by atoms with van der Waals surface area (Å²) in [7, 11) is 3.11. The molecular formula is C28H32F3N3O4S. The lowest BCUT2D eigenvalue weighted by atomic mass is 10.1. The molecule has 0 aliphatic rings.